The molecule has 0 fully saturated rings. The quantitative estimate of drug-likeness (QED) is 0.580. The number of benzene rings is 2. The number of anilines is 1. The Morgan fingerprint density at radius 3 is 2.72 bits per heavy atom. The summed E-state index contributed by atoms with van der Waals surface area (Å²) in [5.41, 5.74) is 0.584. The zero-order valence-electron chi connectivity index (χ0n) is 13.0. The number of halogens is 1. The lowest BCUT2D eigenvalue weighted by molar-refractivity contribution is -0.384. The van der Waals surface area contributed by atoms with Crippen LogP contribution in [0.2, 0.25) is 0 Å². The number of nitro benzene ring substituents is 1. The molecular weight excluding hydrogens is 329 g/mol. The topological polar surface area (TPSA) is 103 Å². The number of rotatable bonds is 4. The van der Waals surface area contributed by atoms with E-state index in [-0.39, 0.29) is 22.6 Å². The third kappa shape index (κ3) is 3.34. The normalized spacial score (nSPS) is 10.5. The molecule has 2 aromatic carbocycles. The summed E-state index contributed by atoms with van der Waals surface area (Å²) in [6.07, 6.45) is 2.55. The number of carbonyl (C=O) groups excluding carboxylic acids is 1. The Morgan fingerprint density at radius 1 is 1.28 bits per heavy atom. The van der Waals surface area contributed by atoms with E-state index in [2.05, 4.69) is 15.4 Å². The summed E-state index contributed by atoms with van der Waals surface area (Å²) in [5, 5.41) is 17.5. The van der Waals surface area contributed by atoms with E-state index in [9.17, 15) is 19.3 Å². The zero-order chi connectivity index (χ0) is 18.0. The molecule has 9 heteroatoms. The highest BCUT2D eigenvalue weighted by Crippen LogP contribution is 2.24. The fourth-order valence-electron chi connectivity index (χ4n) is 2.25. The molecule has 25 heavy (non-hydrogen) atoms. The first-order chi connectivity index (χ1) is 12.0. The molecule has 1 aromatic heterocycles. The number of nitro groups is 1. The highest BCUT2D eigenvalue weighted by atomic mass is 19.1. The Bertz CT molecular complexity index is 956. The molecule has 0 spiro atoms. The van der Waals surface area contributed by atoms with Crippen LogP contribution in [0.4, 0.5) is 15.8 Å². The smallest absolute Gasteiger partial charge is 0.295 e. The van der Waals surface area contributed by atoms with E-state index in [4.69, 9.17) is 0 Å². The minimum absolute atomic E-state index is 0.00129. The molecular formula is C16H12FN5O3. The first-order valence-corrected chi connectivity index (χ1v) is 7.16. The van der Waals surface area contributed by atoms with Gasteiger partial charge in [0, 0.05) is 11.6 Å². The number of carbonyl (C=O) groups is 1. The Labute approximate surface area is 141 Å². The summed E-state index contributed by atoms with van der Waals surface area (Å²) in [5.74, 6) is -1.24. The molecule has 0 unspecified atom stereocenters. The number of aryl methyl sites for hydroxylation is 1. The number of aromatic nitrogens is 3. The molecule has 0 saturated heterocycles. The van der Waals surface area contributed by atoms with Crippen molar-refractivity contribution in [1.82, 2.24) is 14.8 Å². The molecule has 0 radical (unpaired) electrons. The van der Waals surface area contributed by atoms with Crippen LogP contribution in [-0.4, -0.2) is 25.6 Å². The zero-order valence-corrected chi connectivity index (χ0v) is 13.0. The Kier molecular flexibility index (Phi) is 4.21. The second-order valence-electron chi connectivity index (χ2n) is 5.24. The minimum Gasteiger partial charge on any atom is -0.319 e. The molecule has 0 saturated carbocycles. The molecule has 0 aliphatic heterocycles. The van der Waals surface area contributed by atoms with Crippen molar-refractivity contribution < 1.29 is 14.1 Å². The van der Waals surface area contributed by atoms with Gasteiger partial charge in [-0.1, -0.05) is 6.07 Å². The van der Waals surface area contributed by atoms with E-state index in [1.54, 1.807) is 13.0 Å². The largest absolute Gasteiger partial charge is 0.319 e. The fraction of sp³-hybridized carbons (Fsp3) is 0.0625. The third-order valence-electron chi connectivity index (χ3n) is 3.47. The van der Waals surface area contributed by atoms with Crippen molar-refractivity contribution in [2.75, 3.05) is 5.32 Å². The average Bonchev–Trinajstić information content (AvgIpc) is 3.11. The van der Waals surface area contributed by atoms with Crippen molar-refractivity contribution in [1.29, 1.82) is 0 Å². The molecule has 3 rings (SSSR count). The lowest BCUT2D eigenvalue weighted by Crippen LogP contribution is -2.14. The van der Waals surface area contributed by atoms with Crippen LogP contribution < -0.4 is 5.32 Å². The molecule has 0 aliphatic carbocycles. The van der Waals surface area contributed by atoms with E-state index >= 15 is 0 Å². The Balaban J connectivity index is 1.93. The molecule has 1 amide bonds. The van der Waals surface area contributed by atoms with Crippen molar-refractivity contribution in [2.45, 2.75) is 6.92 Å². The third-order valence-corrected chi connectivity index (χ3v) is 3.47. The standard InChI is InChI=1S/C16H12FN5O3/c1-10-2-4-13(12(17)6-10)20-16(23)11-3-5-14(15(7-11)22(24)25)21-9-18-8-19-21/h2-9H,1H3,(H,20,23). The van der Waals surface area contributed by atoms with Crippen LogP contribution in [0, 0.1) is 22.9 Å². The SMILES string of the molecule is Cc1ccc(NC(=O)c2ccc(-n3cncn3)c([N+](=O)[O-])c2)c(F)c1. The van der Waals surface area contributed by atoms with Crippen molar-refractivity contribution in [3.8, 4) is 5.69 Å². The molecule has 1 heterocycles. The number of nitrogens with zero attached hydrogens (tertiary/aromatic N) is 4. The predicted octanol–water partition coefficient (Wildman–Crippen LogP) is 2.88. The number of amides is 1. The first kappa shape index (κ1) is 16.2. The van der Waals surface area contributed by atoms with Crippen molar-refractivity contribution in [2.24, 2.45) is 0 Å². The average molecular weight is 341 g/mol. The molecule has 0 aliphatic rings. The molecule has 1 N–H and O–H groups in total. The van der Waals surface area contributed by atoms with Crippen molar-refractivity contribution in [3.05, 3.63) is 76.1 Å². The number of hydrogen-bond acceptors (Lipinski definition) is 5. The van der Waals surface area contributed by atoms with Crippen LogP contribution in [0.3, 0.4) is 0 Å². The summed E-state index contributed by atoms with van der Waals surface area (Å²) in [6, 6.07) is 8.25. The van der Waals surface area contributed by atoms with Crippen LogP contribution >= 0.6 is 0 Å². The van der Waals surface area contributed by atoms with Gasteiger partial charge < -0.3 is 5.32 Å². The van der Waals surface area contributed by atoms with Crippen LogP contribution in [0.1, 0.15) is 15.9 Å². The van der Waals surface area contributed by atoms with E-state index in [0.717, 1.165) is 6.07 Å². The van der Waals surface area contributed by atoms with Gasteiger partial charge in [0.2, 0.25) is 0 Å². The molecule has 3 aromatic rings. The summed E-state index contributed by atoms with van der Waals surface area (Å²) in [6.45, 7) is 1.72. The van der Waals surface area contributed by atoms with Crippen LogP contribution in [0.15, 0.2) is 49.1 Å². The van der Waals surface area contributed by atoms with Gasteiger partial charge in [0.25, 0.3) is 11.6 Å². The minimum atomic E-state index is -0.656. The molecule has 126 valence electrons. The van der Waals surface area contributed by atoms with Gasteiger partial charge in [-0.25, -0.2) is 14.1 Å². The second kappa shape index (κ2) is 6.48. The number of hydrogen-bond donors (Lipinski definition) is 1. The van der Waals surface area contributed by atoms with Gasteiger partial charge in [0.1, 0.15) is 24.2 Å². The van der Waals surface area contributed by atoms with Crippen LogP contribution in [0.5, 0.6) is 0 Å². The van der Waals surface area contributed by atoms with Gasteiger partial charge >= 0.3 is 0 Å². The summed E-state index contributed by atoms with van der Waals surface area (Å²) >= 11 is 0. The summed E-state index contributed by atoms with van der Waals surface area (Å²) in [7, 11) is 0. The van der Waals surface area contributed by atoms with Crippen molar-refractivity contribution >= 4 is 17.3 Å². The maximum absolute atomic E-state index is 13.8. The van der Waals surface area contributed by atoms with Gasteiger partial charge in [-0.3, -0.25) is 14.9 Å². The van der Waals surface area contributed by atoms with Gasteiger partial charge in [0.05, 0.1) is 10.6 Å². The van der Waals surface area contributed by atoms with Gasteiger partial charge in [0.15, 0.2) is 0 Å². The maximum atomic E-state index is 13.8. The van der Waals surface area contributed by atoms with Gasteiger partial charge in [-0.15, -0.1) is 0 Å². The first-order valence-electron chi connectivity index (χ1n) is 7.16. The monoisotopic (exact) mass is 341 g/mol. The van der Waals surface area contributed by atoms with Gasteiger partial charge in [-0.2, -0.15) is 5.10 Å². The maximum Gasteiger partial charge on any atom is 0.295 e. The van der Waals surface area contributed by atoms with E-state index in [1.165, 1.54) is 41.6 Å². The molecule has 0 atom stereocenters. The lowest BCUT2D eigenvalue weighted by Gasteiger charge is -2.08. The van der Waals surface area contributed by atoms with Crippen molar-refractivity contribution in [3.63, 3.8) is 0 Å². The van der Waals surface area contributed by atoms with E-state index in [1.807, 2.05) is 0 Å². The highest BCUT2D eigenvalue weighted by Gasteiger charge is 2.20. The Morgan fingerprint density at radius 2 is 2.08 bits per heavy atom. The molecule has 8 nitrogen and oxygen atoms in total. The Hall–Kier alpha value is -3.62. The number of nitrogens with one attached hydrogen (secondary N) is 1. The predicted molar refractivity (Wildman–Crippen MR) is 87.1 cm³/mol. The summed E-state index contributed by atoms with van der Waals surface area (Å²) < 4.78 is 15.1. The van der Waals surface area contributed by atoms with E-state index in [0.29, 0.717) is 5.56 Å². The highest BCUT2D eigenvalue weighted by molar-refractivity contribution is 6.05. The second-order valence-corrected chi connectivity index (χ2v) is 5.24. The van der Waals surface area contributed by atoms with Crippen LogP contribution in [0.25, 0.3) is 5.69 Å². The lowest BCUT2D eigenvalue weighted by atomic mass is 10.1. The summed E-state index contributed by atoms with van der Waals surface area (Å²) in [4.78, 5) is 26.7. The van der Waals surface area contributed by atoms with Crippen LogP contribution in [-0.2, 0) is 0 Å². The van der Waals surface area contributed by atoms with E-state index < -0.39 is 16.6 Å². The fourth-order valence-corrected chi connectivity index (χ4v) is 2.25. The molecule has 0 bridgehead atoms. The van der Waals surface area contributed by atoms with Gasteiger partial charge in [-0.05, 0) is 36.8 Å².